The smallest absolute Gasteiger partial charge is 0.329 e. The number of hydrogen-bond donors (Lipinski definition) is 2. The Hall–Kier alpha value is -2.66. The van der Waals surface area contributed by atoms with Crippen LogP contribution >= 0.6 is 0 Å². The van der Waals surface area contributed by atoms with Gasteiger partial charge in [0, 0.05) is 6.42 Å². The quantitative estimate of drug-likeness (QED) is 0.667. The van der Waals surface area contributed by atoms with Gasteiger partial charge in [0.2, 0.25) is 5.91 Å². The van der Waals surface area contributed by atoms with Crippen molar-refractivity contribution in [2.45, 2.75) is 45.4 Å². The molecular weight excluding hydrogens is 340 g/mol. The van der Waals surface area contributed by atoms with Crippen molar-refractivity contribution < 1.29 is 14.3 Å². The van der Waals surface area contributed by atoms with Crippen molar-refractivity contribution >= 4 is 11.9 Å². The number of carbonyl (C=O) groups excluding carboxylic acids is 2. The van der Waals surface area contributed by atoms with Crippen LogP contribution in [0.5, 0.6) is 0 Å². The van der Waals surface area contributed by atoms with Gasteiger partial charge >= 0.3 is 5.97 Å². The maximum Gasteiger partial charge on any atom is 0.329 e. The van der Waals surface area contributed by atoms with E-state index in [1.165, 1.54) is 0 Å². The van der Waals surface area contributed by atoms with Crippen molar-refractivity contribution in [2.24, 2.45) is 11.7 Å². The maximum atomic E-state index is 12.6. The van der Waals surface area contributed by atoms with Crippen LogP contribution in [0, 0.1) is 5.92 Å². The van der Waals surface area contributed by atoms with Gasteiger partial charge in [-0.25, -0.2) is 4.79 Å². The Morgan fingerprint density at radius 2 is 1.52 bits per heavy atom. The van der Waals surface area contributed by atoms with Crippen LogP contribution in [0.1, 0.15) is 31.4 Å². The van der Waals surface area contributed by atoms with Crippen molar-refractivity contribution in [3.63, 3.8) is 0 Å². The molecule has 0 unspecified atom stereocenters. The van der Waals surface area contributed by atoms with Gasteiger partial charge in [-0.2, -0.15) is 0 Å². The molecule has 0 aliphatic heterocycles. The fraction of sp³-hybridized carbons (Fsp3) is 0.364. The topological polar surface area (TPSA) is 81.4 Å². The minimum Gasteiger partial charge on any atom is -0.459 e. The Balaban J connectivity index is 2.03. The predicted octanol–water partition coefficient (Wildman–Crippen LogP) is 2.83. The summed E-state index contributed by atoms with van der Waals surface area (Å²) in [6.07, 6.45) is 0.914. The fourth-order valence-corrected chi connectivity index (χ4v) is 2.77. The molecule has 2 rings (SSSR count). The van der Waals surface area contributed by atoms with E-state index in [0.717, 1.165) is 11.1 Å². The van der Waals surface area contributed by atoms with E-state index in [4.69, 9.17) is 10.5 Å². The Kier molecular flexibility index (Phi) is 8.01. The molecule has 0 aliphatic rings. The third kappa shape index (κ3) is 7.23. The van der Waals surface area contributed by atoms with Crippen LogP contribution in [0.4, 0.5) is 0 Å². The lowest BCUT2D eigenvalue weighted by Gasteiger charge is -2.21. The third-order valence-electron chi connectivity index (χ3n) is 4.17. The highest BCUT2D eigenvalue weighted by Gasteiger charge is 2.25. The number of nitrogens with one attached hydrogen (secondary N) is 1. The van der Waals surface area contributed by atoms with Crippen molar-refractivity contribution in [3.05, 3.63) is 71.8 Å². The largest absolute Gasteiger partial charge is 0.459 e. The molecule has 0 aliphatic carbocycles. The number of amides is 1. The van der Waals surface area contributed by atoms with Gasteiger partial charge in [0.05, 0.1) is 6.04 Å². The molecule has 2 aromatic rings. The number of ether oxygens (including phenoxy) is 1. The zero-order chi connectivity index (χ0) is 19.6. The lowest BCUT2D eigenvalue weighted by Crippen LogP contribution is -2.50. The summed E-state index contributed by atoms with van der Waals surface area (Å²) in [5, 5.41) is 2.77. The van der Waals surface area contributed by atoms with E-state index in [9.17, 15) is 9.59 Å². The SMILES string of the molecule is CC(C)C[C@H](N)C(=O)N[C@H](Cc1ccccc1)C(=O)OCc1ccccc1. The Labute approximate surface area is 160 Å². The van der Waals surface area contributed by atoms with Gasteiger partial charge in [-0.3, -0.25) is 4.79 Å². The highest BCUT2D eigenvalue weighted by molar-refractivity contribution is 5.87. The van der Waals surface area contributed by atoms with Gasteiger partial charge in [-0.05, 0) is 23.5 Å². The summed E-state index contributed by atoms with van der Waals surface area (Å²) in [6.45, 7) is 4.17. The van der Waals surface area contributed by atoms with Crippen molar-refractivity contribution in [3.8, 4) is 0 Å². The second kappa shape index (κ2) is 10.5. The van der Waals surface area contributed by atoms with Gasteiger partial charge in [0.25, 0.3) is 0 Å². The molecule has 0 fully saturated rings. The second-order valence-corrected chi connectivity index (χ2v) is 7.08. The highest BCUT2D eigenvalue weighted by atomic mass is 16.5. The maximum absolute atomic E-state index is 12.6. The van der Waals surface area contributed by atoms with Gasteiger partial charge < -0.3 is 15.8 Å². The Morgan fingerprint density at radius 1 is 0.963 bits per heavy atom. The first-order valence-electron chi connectivity index (χ1n) is 9.26. The van der Waals surface area contributed by atoms with Crippen LogP contribution < -0.4 is 11.1 Å². The van der Waals surface area contributed by atoms with Crippen molar-refractivity contribution in [2.75, 3.05) is 0 Å². The number of hydrogen-bond acceptors (Lipinski definition) is 4. The second-order valence-electron chi connectivity index (χ2n) is 7.08. The molecule has 0 spiro atoms. The van der Waals surface area contributed by atoms with Crippen LogP contribution in [0.3, 0.4) is 0 Å². The first-order chi connectivity index (χ1) is 13.0. The fourth-order valence-electron chi connectivity index (χ4n) is 2.77. The molecule has 3 N–H and O–H groups in total. The molecule has 0 heterocycles. The summed E-state index contributed by atoms with van der Waals surface area (Å²) in [5.74, 6) is -0.502. The zero-order valence-electron chi connectivity index (χ0n) is 15.9. The van der Waals surface area contributed by atoms with Crippen LogP contribution in [0.25, 0.3) is 0 Å². The van der Waals surface area contributed by atoms with Crippen molar-refractivity contribution in [1.82, 2.24) is 5.32 Å². The monoisotopic (exact) mass is 368 g/mol. The van der Waals surface area contributed by atoms with Crippen LogP contribution in [0.2, 0.25) is 0 Å². The summed E-state index contributed by atoms with van der Waals surface area (Å²) < 4.78 is 5.43. The van der Waals surface area contributed by atoms with Gasteiger partial charge in [0.1, 0.15) is 12.6 Å². The Bertz CT molecular complexity index is 717. The number of benzene rings is 2. The lowest BCUT2D eigenvalue weighted by molar-refractivity contribution is -0.149. The molecule has 0 radical (unpaired) electrons. The standard InChI is InChI=1S/C22H28N2O3/c1-16(2)13-19(23)21(25)24-20(14-17-9-5-3-6-10-17)22(26)27-15-18-11-7-4-8-12-18/h3-12,16,19-20H,13-15,23H2,1-2H3,(H,24,25)/t19-,20+/m0/s1. The average molecular weight is 368 g/mol. The minimum atomic E-state index is -0.776. The molecular formula is C22H28N2O3. The molecule has 5 nitrogen and oxygen atoms in total. The predicted molar refractivity (Wildman–Crippen MR) is 106 cm³/mol. The van der Waals surface area contributed by atoms with E-state index in [1.807, 2.05) is 74.5 Å². The molecule has 1 amide bonds. The van der Waals surface area contributed by atoms with E-state index in [-0.39, 0.29) is 12.5 Å². The first-order valence-corrected chi connectivity index (χ1v) is 9.26. The van der Waals surface area contributed by atoms with E-state index < -0.39 is 18.1 Å². The molecule has 5 heteroatoms. The molecule has 144 valence electrons. The van der Waals surface area contributed by atoms with Gasteiger partial charge in [0.15, 0.2) is 0 Å². The van der Waals surface area contributed by atoms with Crippen molar-refractivity contribution in [1.29, 1.82) is 0 Å². The molecule has 27 heavy (non-hydrogen) atoms. The van der Waals surface area contributed by atoms with Crippen LogP contribution in [-0.4, -0.2) is 24.0 Å². The average Bonchev–Trinajstić information content (AvgIpc) is 2.66. The summed E-state index contributed by atoms with van der Waals surface area (Å²) in [6, 6.07) is 17.6. The summed E-state index contributed by atoms with van der Waals surface area (Å²) >= 11 is 0. The van der Waals surface area contributed by atoms with Crippen LogP contribution in [0.15, 0.2) is 60.7 Å². The highest BCUT2D eigenvalue weighted by Crippen LogP contribution is 2.09. The third-order valence-corrected chi connectivity index (χ3v) is 4.17. The summed E-state index contributed by atoms with van der Waals surface area (Å²) in [7, 11) is 0. The first kappa shape index (κ1) is 20.6. The van der Waals surface area contributed by atoms with E-state index in [1.54, 1.807) is 0 Å². The minimum absolute atomic E-state index is 0.166. The molecule has 0 saturated carbocycles. The van der Waals surface area contributed by atoms with Crippen LogP contribution in [-0.2, 0) is 27.4 Å². The molecule has 0 aromatic heterocycles. The molecule has 0 bridgehead atoms. The normalized spacial score (nSPS) is 13.0. The number of carbonyl (C=O) groups is 2. The Morgan fingerprint density at radius 3 is 2.07 bits per heavy atom. The lowest BCUT2D eigenvalue weighted by atomic mass is 10.0. The summed E-state index contributed by atoms with van der Waals surface area (Å²) in [4.78, 5) is 25.0. The number of nitrogens with two attached hydrogens (primary N) is 1. The molecule has 2 aromatic carbocycles. The summed E-state index contributed by atoms with van der Waals surface area (Å²) in [5.41, 5.74) is 7.80. The van der Waals surface area contributed by atoms with Gasteiger partial charge in [-0.1, -0.05) is 74.5 Å². The van der Waals surface area contributed by atoms with E-state index >= 15 is 0 Å². The molecule has 0 saturated heterocycles. The van der Waals surface area contributed by atoms with E-state index in [0.29, 0.717) is 18.8 Å². The zero-order valence-corrected chi connectivity index (χ0v) is 15.9. The number of esters is 1. The van der Waals surface area contributed by atoms with E-state index in [2.05, 4.69) is 5.32 Å². The van der Waals surface area contributed by atoms with Gasteiger partial charge in [-0.15, -0.1) is 0 Å². The number of rotatable bonds is 9. The molecule has 2 atom stereocenters.